The van der Waals surface area contributed by atoms with Gasteiger partial charge in [0.1, 0.15) is 0 Å². The van der Waals surface area contributed by atoms with Crippen LogP contribution in [0.15, 0.2) is 41.0 Å². The predicted molar refractivity (Wildman–Crippen MR) is 83.3 cm³/mol. The van der Waals surface area contributed by atoms with Gasteiger partial charge in [-0.15, -0.1) is 0 Å². The molecular formula is C16H14ClF3N2O2. The molecule has 1 aliphatic rings. The summed E-state index contributed by atoms with van der Waals surface area (Å²) in [6, 6.07) is 6.47. The van der Waals surface area contributed by atoms with Crippen molar-refractivity contribution in [3.8, 4) is 0 Å². The molecule has 1 aromatic carbocycles. The first kappa shape index (κ1) is 16.7. The number of carbonyl (C=O) groups excluding carboxylic acids is 1. The number of rotatable bonds is 2. The number of alkyl halides is 3. The van der Waals surface area contributed by atoms with Crippen molar-refractivity contribution in [2.45, 2.75) is 6.18 Å². The number of halogens is 4. The zero-order valence-electron chi connectivity index (χ0n) is 12.5. The fourth-order valence-corrected chi connectivity index (χ4v) is 2.87. The van der Waals surface area contributed by atoms with E-state index >= 15 is 0 Å². The van der Waals surface area contributed by atoms with E-state index in [1.54, 1.807) is 21.9 Å². The van der Waals surface area contributed by atoms with Crippen molar-refractivity contribution in [1.82, 2.24) is 4.90 Å². The lowest BCUT2D eigenvalue weighted by Crippen LogP contribution is -2.48. The number of amides is 1. The molecule has 1 aromatic heterocycles. The van der Waals surface area contributed by atoms with Crippen molar-refractivity contribution in [2.75, 3.05) is 31.1 Å². The Bertz CT molecular complexity index is 723. The van der Waals surface area contributed by atoms with Gasteiger partial charge in [-0.2, -0.15) is 13.2 Å². The van der Waals surface area contributed by atoms with Crippen LogP contribution in [0.2, 0.25) is 5.02 Å². The molecule has 1 amide bonds. The van der Waals surface area contributed by atoms with Gasteiger partial charge in [0.05, 0.1) is 22.5 Å². The molecule has 2 heterocycles. The maximum atomic E-state index is 12.9. The van der Waals surface area contributed by atoms with E-state index < -0.39 is 11.7 Å². The Morgan fingerprint density at radius 3 is 2.42 bits per heavy atom. The van der Waals surface area contributed by atoms with Crippen LogP contribution in [0.5, 0.6) is 0 Å². The normalized spacial score (nSPS) is 15.7. The maximum absolute atomic E-state index is 12.9. The summed E-state index contributed by atoms with van der Waals surface area (Å²) in [4.78, 5) is 15.6. The standard InChI is InChI=1S/C16H14ClF3N2O2/c17-12-4-3-11(16(18,19)20)10-13(12)21-5-7-22(8-6-21)15(23)14-2-1-9-24-14/h1-4,9-10H,5-8H2. The summed E-state index contributed by atoms with van der Waals surface area (Å²) >= 11 is 6.06. The van der Waals surface area contributed by atoms with Crippen LogP contribution < -0.4 is 4.90 Å². The third kappa shape index (κ3) is 3.36. The molecule has 0 radical (unpaired) electrons. The molecule has 1 fully saturated rings. The largest absolute Gasteiger partial charge is 0.459 e. The molecule has 1 aliphatic heterocycles. The van der Waals surface area contributed by atoms with Crippen molar-refractivity contribution in [1.29, 1.82) is 0 Å². The molecule has 0 saturated carbocycles. The van der Waals surface area contributed by atoms with E-state index in [1.165, 1.54) is 12.3 Å². The first-order valence-corrected chi connectivity index (χ1v) is 7.68. The fraction of sp³-hybridized carbons (Fsp3) is 0.312. The van der Waals surface area contributed by atoms with Crippen LogP contribution >= 0.6 is 11.6 Å². The van der Waals surface area contributed by atoms with Crippen LogP contribution in [-0.4, -0.2) is 37.0 Å². The Labute approximate surface area is 141 Å². The second-order valence-corrected chi connectivity index (χ2v) is 5.83. The fourth-order valence-electron chi connectivity index (χ4n) is 2.64. The van der Waals surface area contributed by atoms with Gasteiger partial charge in [-0.25, -0.2) is 0 Å². The van der Waals surface area contributed by atoms with Gasteiger partial charge in [0.15, 0.2) is 5.76 Å². The van der Waals surface area contributed by atoms with Gasteiger partial charge in [0, 0.05) is 26.2 Å². The molecule has 0 unspecified atom stereocenters. The number of hydrogen-bond acceptors (Lipinski definition) is 3. The average molecular weight is 359 g/mol. The van der Waals surface area contributed by atoms with E-state index in [2.05, 4.69) is 0 Å². The molecule has 128 valence electrons. The molecule has 1 saturated heterocycles. The zero-order chi connectivity index (χ0) is 17.3. The molecular weight excluding hydrogens is 345 g/mol. The van der Waals surface area contributed by atoms with Crippen LogP contribution in [0.4, 0.5) is 18.9 Å². The van der Waals surface area contributed by atoms with Crippen LogP contribution in [0.1, 0.15) is 16.1 Å². The van der Waals surface area contributed by atoms with Gasteiger partial charge >= 0.3 is 6.18 Å². The monoisotopic (exact) mass is 358 g/mol. The molecule has 4 nitrogen and oxygen atoms in total. The highest BCUT2D eigenvalue weighted by molar-refractivity contribution is 6.33. The first-order valence-electron chi connectivity index (χ1n) is 7.31. The molecule has 2 aromatic rings. The lowest BCUT2D eigenvalue weighted by atomic mass is 10.1. The van der Waals surface area contributed by atoms with Crippen molar-refractivity contribution in [2.24, 2.45) is 0 Å². The summed E-state index contributed by atoms with van der Waals surface area (Å²) < 4.78 is 43.7. The van der Waals surface area contributed by atoms with Gasteiger partial charge < -0.3 is 14.2 Å². The van der Waals surface area contributed by atoms with Gasteiger partial charge in [-0.1, -0.05) is 11.6 Å². The molecule has 0 aliphatic carbocycles. The predicted octanol–water partition coefficient (Wildman–Crippen LogP) is 3.91. The Balaban J connectivity index is 1.72. The molecule has 0 atom stereocenters. The number of nitrogens with zero attached hydrogens (tertiary/aromatic N) is 2. The highest BCUT2D eigenvalue weighted by Crippen LogP contribution is 2.35. The minimum absolute atomic E-state index is 0.227. The molecule has 0 spiro atoms. The molecule has 0 N–H and O–H groups in total. The number of hydrogen-bond donors (Lipinski definition) is 0. The van der Waals surface area contributed by atoms with Crippen molar-refractivity contribution in [3.63, 3.8) is 0 Å². The van der Waals surface area contributed by atoms with E-state index in [-0.39, 0.29) is 16.7 Å². The van der Waals surface area contributed by atoms with Gasteiger partial charge in [0.2, 0.25) is 0 Å². The molecule has 0 bridgehead atoms. The summed E-state index contributed by atoms with van der Waals surface area (Å²) in [5, 5.41) is 0.258. The van der Waals surface area contributed by atoms with E-state index in [0.717, 1.165) is 12.1 Å². The smallest absolute Gasteiger partial charge is 0.416 e. The lowest BCUT2D eigenvalue weighted by Gasteiger charge is -2.36. The molecule has 8 heteroatoms. The SMILES string of the molecule is O=C(c1ccco1)N1CCN(c2cc(C(F)(F)F)ccc2Cl)CC1. The summed E-state index contributed by atoms with van der Waals surface area (Å²) in [5.74, 6) is 0.0235. The van der Waals surface area contributed by atoms with Crippen LogP contribution in [0, 0.1) is 0 Å². The number of anilines is 1. The van der Waals surface area contributed by atoms with Crippen LogP contribution in [0.3, 0.4) is 0 Å². The summed E-state index contributed by atoms with van der Waals surface area (Å²) in [7, 11) is 0. The summed E-state index contributed by atoms with van der Waals surface area (Å²) in [6.45, 7) is 1.55. The Kier molecular flexibility index (Phi) is 4.45. The minimum Gasteiger partial charge on any atom is -0.459 e. The number of piperazine rings is 1. The number of benzene rings is 1. The summed E-state index contributed by atoms with van der Waals surface area (Å²) in [5.41, 5.74) is -0.410. The van der Waals surface area contributed by atoms with E-state index in [0.29, 0.717) is 31.9 Å². The van der Waals surface area contributed by atoms with Crippen molar-refractivity contribution >= 4 is 23.2 Å². The number of carbonyl (C=O) groups is 1. The van der Waals surface area contributed by atoms with Crippen molar-refractivity contribution < 1.29 is 22.4 Å². The quantitative estimate of drug-likeness (QED) is 0.816. The third-order valence-corrected chi connectivity index (χ3v) is 4.23. The highest BCUT2D eigenvalue weighted by atomic mass is 35.5. The second kappa shape index (κ2) is 6.39. The molecule has 24 heavy (non-hydrogen) atoms. The van der Waals surface area contributed by atoms with Crippen LogP contribution in [0.25, 0.3) is 0 Å². The Hall–Kier alpha value is -2.15. The van der Waals surface area contributed by atoms with Crippen LogP contribution in [-0.2, 0) is 6.18 Å². The topological polar surface area (TPSA) is 36.7 Å². The number of furan rings is 1. The van der Waals surface area contributed by atoms with Gasteiger partial charge in [0.25, 0.3) is 5.91 Å². The van der Waals surface area contributed by atoms with Gasteiger partial charge in [-0.05, 0) is 30.3 Å². The zero-order valence-corrected chi connectivity index (χ0v) is 13.3. The van der Waals surface area contributed by atoms with E-state index in [9.17, 15) is 18.0 Å². The maximum Gasteiger partial charge on any atom is 0.416 e. The third-order valence-electron chi connectivity index (χ3n) is 3.91. The van der Waals surface area contributed by atoms with Crippen molar-refractivity contribution in [3.05, 3.63) is 52.9 Å². The highest BCUT2D eigenvalue weighted by Gasteiger charge is 2.32. The first-order chi connectivity index (χ1) is 11.4. The van der Waals surface area contributed by atoms with E-state index in [1.807, 2.05) is 0 Å². The van der Waals surface area contributed by atoms with Gasteiger partial charge in [-0.3, -0.25) is 4.79 Å². The Morgan fingerprint density at radius 1 is 1.12 bits per heavy atom. The summed E-state index contributed by atoms with van der Waals surface area (Å²) in [6.07, 6.45) is -3.00. The lowest BCUT2D eigenvalue weighted by molar-refractivity contribution is -0.137. The Morgan fingerprint density at radius 2 is 1.83 bits per heavy atom. The second-order valence-electron chi connectivity index (χ2n) is 5.42. The average Bonchev–Trinajstić information content (AvgIpc) is 3.08. The molecule has 3 rings (SSSR count). The van der Waals surface area contributed by atoms with E-state index in [4.69, 9.17) is 16.0 Å². The minimum atomic E-state index is -4.42.